The number of carboxylic acids is 1. The lowest BCUT2D eigenvalue weighted by molar-refractivity contribution is -0.139. The van der Waals surface area contributed by atoms with Crippen molar-refractivity contribution in [3.05, 3.63) is 23.8 Å². The van der Waals surface area contributed by atoms with Crippen LogP contribution in [0, 0.1) is 12.3 Å². The van der Waals surface area contributed by atoms with Crippen LogP contribution in [0.1, 0.15) is 24.8 Å². The van der Waals surface area contributed by atoms with Crippen molar-refractivity contribution in [2.45, 2.75) is 26.2 Å². The van der Waals surface area contributed by atoms with Gasteiger partial charge in [-0.05, 0) is 49.9 Å². The van der Waals surface area contributed by atoms with Crippen LogP contribution in [0.4, 0.5) is 5.69 Å². The van der Waals surface area contributed by atoms with E-state index in [-0.39, 0.29) is 17.9 Å². The highest BCUT2D eigenvalue weighted by atomic mass is 16.5. The van der Waals surface area contributed by atoms with Gasteiger partial charge in [-0.2, -0.15) is 0 Å². The lowest BCUT2D eigenvalue weighted by atomic mass is 10.0. The zero-order chi connectivity index (χ0) is 16.2. The van der Waals surface area contributed by atoms with E-state index >= 15 is 0 Å². The van der Waals surface area contributed by atoms with Gasteiger partial charge in [-0.25, -0.2) is 4.79 Å². The first-order valence-corrected chi connectivity index (χ1v) is 7.22. The van der Waals surface area contributed by atoms with Gasteiger partial charge in [-0.15, -0.1) is 0 Å². The molecule has 1 aromatic rings. The summed E-state index contributed by atoms with van der Waals surface area (Å²) >= 11 is 0. The molecule has 0 saturated heterocycles. The van der Waals surface area contributed by atoms with E-state index in [4.69, 9.17) is 14.6 Å². The largest absolute Gasteiger partial charge is 0.482 e. The van der Waals surface area contributed by atoms with Crippen molar-refractivity contribution in [1.29, 1.82) is 0 Å². The summed E-state index contributed by atoms with van der Waals surface area (Å²) in [6.07, 6.45) is 2.51. The summed E-state index contributed by atoms with van der Waals surface area (Å²) in [7, 11) is 1.63. The molecule has 120 valence electrons. The van der Waals surface area contributed by atoms with Gasteiger partial charge >= 0.3 is 5.97 Å². The predicted octanol–water partition coefficient (Wildman–Crippen LogP) is 2.21. The number of hydrogen-bond donors (Lipinski definition) is 2. The second-order valence-electron chi connectivity index (χ2n) is 5.64. The maximum atomic E-state index is 12.4. The molecule has 0 unspecified atom stereocenters. The Kier molecular flexibility index (Phi) is 5.03. The molecule has 22 heavy (non-hydrogen) atoms. The Balaban J connectivity index is 1.98. The molecule has 1 aliphatic carbocycles. The van der Waals surface area contributed by atoms with E-state index in [1.807, 2.05) is 6.92 Å². The van der Waals surface area contributed by atoms with Crippen LogP contribution in [0.2, 0.25) is 0 Å². The number of ether oxygens (including phenoxy) is 2. The average molecular weight is 307 g/mol. The Morgan fingerprint density at radius 2 is 2.09 bits per heavy atom. The first-order valence-electron chi connectivity index (χ1n) is 7.22. The Labute approximate surface area is 129 Å². The molecule has 0 atom stereocenters. The molecule has 1 fully saturated rings. The van der Waals surface area contributed by atoms with Gasteiger partial charge in [0.1, 0.15) is 5.75 Å². The van der Waals surface area contributed by atoms with Gasteiger partial charge in [-0.3, -0.25) is 4.79 Å². The summed E-state index contributed by atoms with van der Waals surface area (Å²) in [5.74, 6) is -0.533. The quantitative estimate of drug-likeness (QED) is 0.769. The van der Waals surface area contributed by atoms with E-state index in [2.05, 4.69) is 5.32 Å². The zero-order valence-electron chi connectivity index (χ0n) is 12.8. The predicted molar refractivity (Wildman–Crippen MR) is 81.1 cm³/mol. The highest BCUT2D eigenvalue weighted by Gasteiger charge is 2.49. The third kappa shape index (κ3) is 3.98. The molecule has 6 heteroatoms. The molecule has 1 amide bonds. The second-order valence-corrected chi connectivity index (χ2v) is 5.64. The number of nitrogens with one attached hydrogen (secondary N) is 1. The number of rotatable bonds is 8. The molecule has 2 N–H and O–H groups in total. The number of amides is 1. The fraction of sp³-hybridized carbons (Fsp3) is 0.500. The second kappa shape index (κ2) is 6.79. The van der Waals surface area contributed by atoms with Crippen molar-refractivity contribution in [1.82, 2.24) is 0 Å². The normalized spacial score (nSPS) is 15.2. The van der Waals surface area contributed by atoms with Crippen LogP contribution in [0.5, 0.6) is 5.75 Å². The number of hydrogen-bond acceptors (Lipinski definition) is 4. The maximum Gasteiger partial charge on any atom is 0.341 e. The van der Waals surface area contributed by atoms with E-state index in [0.29, 0.717) is 12.4 Å². The number of anilines is 1. The molecule has 0 heterocycles. The van der Waals surface area contributed by atoms with Crippen molar-refractivity contribution in [2.75, 3.05) is 25.6 Å². The minimum Gasteiger partial charge on any atom is -0.482 e. The minimum absolute atomic E-state index is 0.0202. The topological polar surface area (TPSA) is 84.9 Å². The molecule has 1 aromatic carbocycles. The molecule has 0 spiro atoms. The third-order valence-corrected chi connectivity index (χ3v) is 3.93. The summed E-state index contributed by atoms with van der Waals surface area (Å²) in [6.45, 7) is 2.04. The van der Waals surface area contributed by atoms with Gasteiger partial charge in [-0.1, -0.05) is 0 Å². The van der Waals surface area contributed by atoms with Gasteiger partial charge in [0, 0.05) is 19.4 Å². The van der Waals surface area contributed by atoms with Crippen molar-refractivity contribution in [2.24, 2.45) is 5.41 Å². The highest BCUT2D eigenvalue weighted by molar-refractivity contribution is 5.97. The molecule has 0 aromatic heterocycles. The molecule has 0 bridgehead atoms. The Morgan fingerprint density at radius 3 is 2.64 bits per heavy atom. The van der Waals surface area contributed by atoms with Crippen LogP contribution in [-0.4, -0.2) is 37.3 Å². The van der Waals surface area contributed by atoms with Gasteiger partial charge in [0.25, 0.3) is 0 Å². The van der Waals surface area contributed by atoms with Crippen LogP contribution >= 0.6 is 0 Å². The molecule has 1 aliphatic rings. The van der Waals surface area contributed by atoms with Gasteiger partial charge in [0.15, 0.2) is 6.61 Å². The average Bonchev–Trinajstić information content (AvgIpc) is 3.26. The van der Waals surface area contributed by atoms with E-state index in [1.165, 1.54) is 0 Å². The van der Waals surface area contributed by atoms with Gasteiger partial charge in [0.05, 0.1) is 5.41 Å². The maximum absolute atomic E-state index is 12.4. The Morgan fingerprint density at radius 1 is 1.36 bits per heavy atom. The van der Waals surface area contributed by atoms with Crippen molar-refractivity contribution < 1.29 is 24.2 Å². The van der Waals surface area contributed by atoms with E-state index in [0.717, 1.165) is 30.5 Å². The van der Waals surface area contributed by atoms with Crippen molar-refractivity contribution in [3.8, 4) is 5.75 Å². The fourth-order valence-electron chi connectivity index (χ4n) is 2.31. The molecule has 0 radical (unpaired) electrons. The van der Waals surface area contributed by atoms with E-state index in [1.54, 1.807) is 25.3 Å². The monoisotopic (exact) mass is 307 g/mol. The summed E-state index contributed by atoms with van der Waals surface area (Å²) in [5.41, 5.74) is 1.26. The molecule has 1 saturated carbocycles. The Hall–Kier alpha value is -2.08. The minimum atomic E-state index is -1.02. The van der Waals surface area contributed by atoms with Crippen molar-refractivity contribution in [3.63, 3.8) is 0 Å². The third-order valence-electron chi connectivity index (χ3n) is 3.93. The first-order chi connectivity index (χ1) is 10.5. The zero-order valence-corrected chi connectivity index (χ0v) is 12.8. The first kappa shape index (κ1) is 16.3. The van der Waals surface area contributed by atoms with Crippen LogP contribution < -0.4 is 10.1 Å². The van der Waals surface area contributed by atoms with Crippen LogP contribution in [0.25, 0.3) is 0 Å². The number of methoxy groups -OCH3 is 1. The number of carbonyl (C=O) groups excluding carboxylic acids is 1. The molecule has 6 nitrogen and oxygen atoms in total. The summed E-state index contributed by atoms with van der Waals surface area (Å²) in [4.78, 5) is 22.9. The number of carboxylic acid groups (broad SMARTS) is 1. The molecule has 2 rings (SSSR count). The number of benzene rings is 1. The van der Waals surface area contributed by atoms with Gasteiger partial charge in [0.2, 0.25) is 5.91 Å². The smallest absolute Gasteiger partial charge is 0.341 e. The number of carbonyl (C=O) groups is 2. The van der Waals surface area contributed by atoms with Crippen LogP contribution in [-0.2, 0) is 14.3 Å². The Bertz CT molecular complexity index is 566. The number of aryl methyl sites for hydroxylation is 1. The van der Waals surface area contributed by atoms with Crippen LogP contribution in [0.15, 0.2) is 18.2 Å². The SMILES string of the molecule is COCCC1(C(=O)Nc2ccc(OCC(=O)O)cc2C)CC1. The molecular formula is C16H21NO5. The highest BCUT2D eigenvalue weighted by Crippen LogP contribution is 2.49. The molecular weight excluding hydrogens is 286 g/mol. The standard InChI is InChI=1S/C16H21NO5/c1-11-9-12(22-10-14(18)19)3-4-13(11)17-15(20)16(5-6-16)7-8-21-2/h3-4,9H,5-8,10H2,1-2H3,(H,17,20)(H,18,19). The summed E-state index contributed by atoms with van der Waals surface area (Å²) in [6, 6.07) is 5.10. The van der Waals surface area contributed by atoms with E-state index < -0.39 is 5.97 Å². The number of aliphatic carboxylic acids is 1. The van der Waals surface area contributed by atoms with Crippen molar-refractivity contribution >= 4 is 17.6 Å². The van der Waals surface area contributed by atoms with Crippen LogP contribution in [0.3, 0.4) is 0 Å². The van der Waals surface area contributed by atoms with E-state index in [9.17, 15) is 9.59 Å². The fourth-order valence-corrected chi connectivity index (χ4v) is 2.31. The summed E-state index contributed by atoms with van der Waals surface area (Å²) < 4.78 is 10.2. The summed E-state index contributed by atoms with van der Waals surface area (Å²) in [5, 5.41) is 11.5. The lowest BCUT2D eigenvalue weighted by Gasteiger charge is -2.16. The lowest BCUT2D eigenvalue weighted by Crippen LogP contribution is -2.25. The molecule has 0 aliphatic heterocycles. The van der Waals surface area contributed by atoms with Gasteiger partial charge < -0.3 is 19.9 Å².